The van der Waals surface area contributed by atoms with Gasteiger partial charge >= 0.3 is 0 Å². The van der Waals surface area contributed by atoms with Gasteiger partial charge in [0.15, 0.2) is 0 Å². The van der Waals surface area contributed by atoms with E-state index in [0.717, 1.165) is 22.5 Å². The Morgan fingerprint density at radius 2 is 1.95 bits per heavy atom. The Morgan fingerprint density at radius 3 is 2.50 bits per heavy atom. The van der Waals surface area contributed by atoms with Crippen molar-refractivity contribution >= 4 is 27.4 Å². The number of benzene rings is 1. The third-order valence-corrected chi connectivity index (χ3v) is 4.06. The molecule has 20 heavy (non-hydrogen) atoms. The summed E-state index contributed by atoms with van der Waals surface area (Å²) >= 11 is 3.70. The van der Waals surface area contributed by atoms with Gasteiger partial charge in [-0.15, -0.1) is 0 Å². The molecule has 0 N–H and O–H groups in total. The summed E-state index contributed by atoms with van der Waals surface area (Å²) in [4.78, 5) is 6.71. The first-order valence-corrected chi connectivity index (χ1v) is 7.82. The normalized spacial score (nSPS) is 10.9. The van der Waals surface area contributed by atoms with E-state index in [4.69, 9.17) is 0 Å². The molecule has 0 aliphatic heterocycles. The van der Waals surface area contributed by atoms with E-state index in [1.807, 2.05) is 12.3 Å². The zero-order chi connectivity index (χ0) is 14.7. The van der Waals surface area contributed by atoms with Crippen molar-refractivity contribution in [3.05, 3.63) is 52.1 Å². The van der Waals surface area contributed by atoms with Crippen molar-refractivity contribution in [2.24, 2.45) is 0 Å². The number of rotatable bonds is 4. The van der Waals surface area contributed by atoms with Crippen molar-refractivity contribution < 1.29 is 0 Å². The fourth-order valence-corrected chi connectivity index (χ4v) is 2.84. The van der Waals surface area contributed by atoms with Crippen LogP contribution in [0.4, 0.5) is 11.5 Å². The number of pyridine rings is 1. The van der Waals surface area contributed by atoms with E-state index in [9.17, 15) is 0 Å². The molecule has 0 radical (unpaired) electrons. The van der Waals surface area contributed by atoms with Crippen LogP contribution in [-0.4, -0.2) is 11.5 Å². The summed E-state index contributed by atoms with van der Waals surface area (Å²) in [5.41, 5.74) is 3.73. The molecule has 1 aromatic carbocycles. The molecule has 0 aliphatic rings. The van der Waals surface area contributed by atoms with Gasteiger partial charge in [0.2, 0.25) is 0 Å². The number of hydrogen-bond acceptors (Lipinski definition) is 2. The summed E-state index contributed by atoms with van der Waals surface area (Å²) in [6.45, 7) is 9.54. The zero-order valence-electron chi connectivity index (χ0n) is 12.5. The van der Waals surface area contributed by atoms with E-state index in [-0.39, 0.29) is 0 Å². The number of halogens is 1. The van der Waals surface area contributed by atoms with Crippen LogP contribution in [-0.2, 0) is 0 Å². The molecule has 0 atom stereocenters. The summed E-state index contributed by atoms with van der Waals surface area (Å²) in [6, 6.07) is 10.7. The molecule has 1 heterocycles. The predicted molar refractivity (Wildman–Crippen MR) is 89.9 cm³/mol. The lowest BCUT2D eigenvalue weighted by molar-refractivity contribution is 0.864. The standard InChI is InChI=1S/C17H21BrN2/c1-5-20(17-10-13(4)8-9-19-17)16-7-6-14(12(2)3)11-15(16)18/h6-12H,5H2,1-4H3. The Balaban J connectivity index is 2.42. The second-order valence-electron chi connectivity index (χ2n) is 5.30. The largest absolute Gasteiger partial charge is 0.326 e. The maximum Gasteiger partial charge on any atom is 0.133 e. The zero-order valence-corrected chi connectivity index (χ0v) is 14.1. The van der Waals surface area contributed by atoms with Gasteiger partial charge in [-0.25, -0.2) is 4.98 Å². The molecule has 0 unspecified atom stereocenters. The van der Waals surface area contributed by atoms with Gasteiger partial charge < -0.3 is 4.90 Å². The van der Waals surface area contributed by atoms with Crippen molar-refractivity contribution in [2.75, 3.05) is 11.4 Å². The lowest BCUT2D eigenvalue weighted by atomic mass is 10.0. The molecule has 106 valence electrons. The first-order chi connectivity index (χ1) is 9.52. The monoisotopic (exact) mass is 332 g/mol. The lowest BCUT2D eigenvalue weighted by Gasteiger charge is -2.24. The SMILES string of the molecule is CCN(c1cc(C)ccn1)c1ccc(C(C)C)cc1Br. The highest BCUT2D eigenvalue weighted by Crippen LogP contribution is 2.33. The van der Waals surface area contributed by atoms with Gasteiger partial charge in [0.25, 0.3) is 0 Å². The number of aromatic nitrogens is 1. The molecular formula is C17H21BrN2. The van der Waals surface area contributed by atoms with Crippen LogP contribution < -0.4 is 4.90 Å². The Bertz CT molecular complexity index is 593. The van der Waals surface area contributed by atoms with Crippen LogP contribution in [0.25, 0.3) is 0 Å². The maximum absolute atomic E-state index is 4.49. The van der Waals surface area contributed by atoms with Crippen molar-refractivity contribution in [3.63, 3.8) is 0 Å². The van der Waals surface area contributed by atoms with Crippen molar-refractivity contribution in [3.8, 4) is 0 Å². The van der Waals surface area contributed by atoms with Crippen molar-refractivity contribution in [1.82, 2.24) is 4.98 Å². The van der Waals surface area contributed by atoms with Crippen molar-refractivity contribution in [1.29, 1.82) is 0 Å². The second kappa shape index (κ2) is 6.40. The van der Waals surface area contributed by atoms with Gasteiger partial charge in [0.05, 0.1) is 5.69 Å². The van der Waals surface area contributed by atoms with E-state index in [1.54, 1.807) is 0 Å². The van der Waals surface area contributed by atoms with E-state index < -0.39 is 0 Å². The van der Waals surface area contributed by atoms with Crippen LogP contribution in [0.5, 0.6) is 0 Å². The van der Waals surface area contributed by atoms with Crippen LogP contribution >= 0.6 is 15.9 Å². The average Bonchev–Trinajstić information content (AvgIpc) is 2.41. The summed E-state index contributed by atoms with van der Waals surface area (Å²) < 4.78 is 1.12. The highest BCUT2D eigenvalue weighted by Gasteiger charge is 2.13. The van der Waals surface area contributed by atoms with Gasteiger partial charge in [0, 0.05) is 17.2 Å². The molecule has 2 nitrogen and oxygen atoms in total. The number of aryl methyl sites for hydroxylation is 1. The second-order valence-corrected chi connectivity index (χ2v) is 6.16. The summed E-state index contributed by atoms with van der Waals surface area (Å²) in [6.07, 6.45) is 1.86. The van der Waals surface area contributed by atoms with Crippen LogP contribution in [0.2, 0.25) is 0 Å². The molecule has 3 heteroatoms. The summed E-state index contributed by atoms with van der Waals surface area (Å²) in [5, 5.41) is 0. The van der Waals surface area contributed by atoms with Crippen LogP contribution in [0, 0.1) is 6.92 Å². The molecule has 0 aliphatic carbocycles. The van der Waals surface area contributed by atoms with Crippen LogP contribution in [0.3, 0.4) is 0 Å². The highest BCUT2D eigenvalue weighted by molar-refractivity contribution is 9.10. The Labute approximate surface area is 130 Å². The summed E-state index contributed by atoms with van der Waals surface area (Å²) in [5.74, 6) is 1.53. The molecule has 0 amide bonds. The fraction of sp³-hybridized carbons (Fsp3) is 0.353. The summed E-state index contributed by atoms with van der Waals surface area (Å²) in [7, 11) is 0. The first-order valence-electron chi connectivity index (χ1n) is 7.02. The fourth-order valence-electron chi connectivity index (χ4n) is 2.22. The molecule has 1 aromatic heterocycles. The van der Waals surface area contributed by atoms with Gasteiger partial charge in [-0.3, -0.25) is 0 Å². The smallest absolute Gasteiger partial charge is 0.133 e. The number of nitrogens with zero attached hydrogens (tertiary/aromatic N) is 2. The molecule has 0 saturated heterocycles. The molecule has 0 fully saturated rings. The molecule has 2 aromatic rings. The quantitative estimate of drug-likeness (QED) is 0.741. The molecular weight excluding hydrogens is 312 g/mol. The third-order valence-electron chi connectivity index (χ3n) is 3.42. The topological polar surface area (TPSA) is 16.1 Å². The Kier molecular flexibility index (Phi) is 4.81. The highest BCUT2D eigenvalue weighted by atomic mass is 79.9. The van der Waals surface area contributed by atoms with E-state index >= 15 is 0 Å². The van der Waals surface area contributed by atoms with E-state index in [0.29, 0.717) is 5.92 Å². The Hall–Kier alpha value is -1.35. The minimum absolute atomic E-state index is 0.535. The third kappa shape index (κ3) is 3.21. The molecule has 0 spiro atoms. The molecule has 0 bridgehead atoms. The number of hydrogen-bond donors (Lipinski definition) is 0. The van der Waals surface area contributed by atoms with Crippen LogP contribution in [0.1, 0.15) is 37.8 Å². The van der Waals surface area contributed by atoms with Gasteiger partial charge in [-0.1, -0.05) is 19.9 Å². The number of anilines is 2. The van der Waals surface area contributed by atoms with E-state index in [1.165, 1.54) is 11.1 Å². The van der Waals surface area contributed by atoms with Gasteiger partial charge in [-0.2, -0.15) is 0 Å². The van der Waals surface area contributed by atoms with Gasteiger partial charge in [-0.05, 0) is 71.1 Å². The van der Waals surface area contributed by atoms with Gasteiger partial charge in [0.1, 0.15) is 5.82 Å². The maximum atomic E-state index is 4.49. The lowest BCUT2D eigenvalue weighted by Crippen LogP contribution is -2.18. The first kappa shape index (κ1) is 15.0. The average molecular weight is 333 g/mol. The minimum Gasteiger partial charge on any atom is -0.326 e. The van der Waals surface area contributed by atoms with Crippen molar-refractivity contribution in [2.45, 2.75) is 33.6 Å². The van der Waals surface area contributed by atoms with E-state index in [2.05, 4.69) is 77.8 Å². The Morgan fingerprint density at radius 1 is 1.20 bits per heavy atom. The predicted octanol–water partition coefficient (Wildman–Crippen LogP) is 5.43. The van der Waals surface area contributed by atoms with Crippen LogP contribution in [0.15, 0.2) is 41.0 Å². The minimum atomic E-state index is 0.535. The molecule has 0 saturated carbocycles. The molecule has 2 rings (SSSR count).